The van der Waals surface area contributed by atoms with Gasteiger partial charge < -0.3 is 10.1 Å². The van der Waals surface area contributed by atoms with Gasteiger partial charge in [0.15, 0.2) is 6.10 Å². The van der Waals surface area contributed by atoms with Crippen molar-refractivity contribution < 1.29 is 22.7 Å². The molecular weight excluding hydrogens is 279 g/mol. The van der Waals surface area contributed by atoms with Crippen LogP contribution >= 0.6 is 11.8 Å². The molecule has 0 fully saturated rings. The number of hydrogen-bond donors (Lipinski definition) is 1. The van der Waals surface area contributed by atoms with Crippen LogP contribution < -0.4 is 10.1 Å². The molecule has 1 unspecified atom stereocenters. The number of carbonyl (C=O) groups is 1. The highest BCUT2D eigenvalue weighted by Gasteiger charge is 2.29. The van der Waals surface area contributed by atoms with Crippen molar-refractivity contribution in [1.82, 2.24) is 5.32 Å². The average Bonchev–Trinajstić information content (AvgIpc) is 2.36. The molecule has 1 amide bonds. The Bertz CT molecular complexity index is 420. The van der Waals surface area contributed by atoms with Crippen LogP contribution in [0.5, 0.6) is 5.75 Å². The van der Waals surface area contributed by atoms with E-state index in [0.717, 1.165) is 4.90 Å². The number of rotatable bonds is 5. The van der Waals surface area contributed by atoms with E-state index in [2.05, 4.69) is 0 Å². The molecule has 0 aliphatic heterocycles. The Morgan fingerprint density at radius 1 is 1.37 bits per heavy atom. The number of thioether (sulfide) groups is 1. The molecule has 0 aliphatic carbocycles. The Morgan fingerprint density at radius 3 is 2.42 bits per heavy atom. The summed E-state index contributed by atoms with van der Waals surface area (Å²) in [6.45, 7) is 0.0408. The standard InChI is InChI=1S/C12H14F3NO2S/c1-8(11(17)16-7-12(13,14)15)18-9-3-5-10(19-2)6-4-9/h3-6,8H,7H2,1-2H3,(H,16,17). The van der Waals surface area contributed by atoms with Gasteiger partial charge in [0.2, 0.25) is 0 Å². The fraction of sp³-hybridized carbons (Fsp3) is 0.417. The van der Waals surface area contributed by atoms with Gasteiger partial charge in [0, 0.05) is 4.90 Å². The van der Waals surface area contributed by atoms with Crippen molar-refractivity contribution in [3.05, 3.63) is 24.3 Å². The zero-order valence-electron chi connectivity index (χ0n) is 10.5. The first-order valence-electron chi connectivity index (χ1n) is 5.47. The third-order valence-electron chi connectivity index (χ3n) is 2.20. The van der Waals surface area contributed by atoms with Gasteiger partial charge >= 0.3 is 6.18 Å². The summed E-state index contributed by atoms with van der Waals surface area (Å²) in [5, 5.41) is 1.77. The number of halogens is 3. The van der Waals surface area contributed by atoms with Crippen molar-refractivity contribution in [2.45, 2.75) is 24.1 Å². The Hall–Kier alpha value is -1.37. The second-order valence-electron chi connectivity index (χ2n) is 3.77. The number of benzene rings is 1. The minimum atomic E-state index is -4.42. The van der Waals surface area contributed by atoms with E-state index in [1.165, 1.54) is 6.92 Å². The maximum absolute atomic E-state index is 11.9. The molecular formula is C12H14F3NO2S. The molecule has 0 spiro atoms. The van der Waals surface area contributed by atoms with E-state index in [-0.39, 0.29) is 0 Å². The highest BCUT2D eigenvalue weighted by molar-refractivity contribution is 7.98. The molecule has 1 aromatic carbocycles. The molecule has 106 valence electrons. The van der Waals surface area contributed by atoms with Crippen molar-refractivity contribution in [2.24, 2.45) is 0 Å². The SMILES string of the molecule is CSc1ccc(OC(C)C(=O)NCC(F)(F)F)cc1. The fourth-order valence-corrected chi connectivity index (χ4v) is 1.65. The van der Waals surface area contributed by atoms with Crippen LogP contribution in [0.3, 0.4) is 0 Å². The number of carbonyl (C=O) groups excluding carboxylic acids is 1. The van der Waals surface area contributed by atoms with E-state index in [1.807, 2.05) is 6.26 Å². The molecule has 7 heteroatoms. The van der Waals surface area contributed by atoms with Gasteiger partial charge in [-0.1, -0.05) is 0 Å². The van der Waals surface area contributed by atoms with Crippen molar-refractivity contribution in [2.75, 3.05) is 12.8 Å². The minimum Gasteiger partial charge on any atom is -0.481 e. The summed E-state index contributed by atoms with van der Waals surface area (Å²) in [4.78, 5) is 12.4. The lowest BCUT2D eigenvalue weighted by Crippen LogP contribution is -2.41. The maximum atomic E-state index is 11.9. The summed E-state index contributed by atoms with van der Waals surface area (Å²) in [5.41, 5.74) is 0. The zero-order valence-corrected chi connectivity index (χ0v) is 11.3. The Labute approximate surface area is 113 Å². The summed E-state index contributed by atoms with van der Waals surface area (Å²) < 4.78 is 41.0. The predicted molar refractivity (Wildman–Crippen MR) is 67.4 cm³/mol. The smallest absolute Gasteiger partial charge is 0.405 e. The number of nitrogens with one attached hydrogen (secondary N) is 1. The summed E-state index contributed by atoms with van der Waals surface area (Å²) in [6.07, 6.45) is -3.49. The monoisotopic (exact) mass is 293 g/mol. The molecule has 0 heterocycles. The van der Waals surface area contributed by atoms with Gasteiger partial charge in [-0.15, -0.1) is 11.8 Å². The van der Waals surface area contributed by atoms with Gasteiger partial charge in [0.1, 0.15) is 12.3 Å². The maximum Gasteiger partial charge on any atom is 0.405 e. The molecule has 19 heavy (non-hydrogen) atoms. The lowest BCUT2D eigenvalue weighted by Gasteiger charge is -2.15. The number of amides is 1. The summed E-state index contributed by atoms with van der Waals surface area (Å²) in [7, 11) is 0. The molecule has 1 N–H and O–H groups in total. The molecule has 0 aliphatic rings. The van der Waals surface area contributed by atoms with E-state index in [1.54, 1.807) is 41.3 Å². The molecule has 0 saturated heterocycles. The average molecular weight is 293 g/mol. The number of alkyl halides is 3. The van der Waals surface area contributed by atoms with Crippen LogP contribution in [0.15, 0.2) is 29.2 Å². The molecule has 1 aromatic rings. The van der Waals surface area contributed by atoms with Crippen LogP contribution in [0.1, 0.15) is 6.92 Å². The number of hydrogen-bond acceptors (Lipinski definition) is 3. The number of ether oxygens (including phenoxy) is 1. The van der Waals surface area contributed by atoms with Crippen LogP contribution in [0.25, 0.3) is 0 Å². The predicted octanol–water partition coefficient (Wildman–Crippen LogP) is 2.85. The summed E-state index contributed by atoms with van der Waals surface area (Å²) in [6, 6.07) is 6.94. The van der Waals surface area contributed by atoms with Crippen LogP contribution in [0, 0.1) is 0 Å². The summed E-state index contributed by atoms with van der Waals surface area (Å²) >= 11 is 1.55. The Morgan fingerprint density at radius 2 is 1.95 bits per heavy atom. The van der Waals surface area contributed by atoms with Crippen molar-refractivity contribution >= 4 is 17.7 Å². The second kappa shape index (κ2) is 6.70. The fourth-order valence-electron chi connectivity index (χ4n) is 1.24. The van der Waals surface area contributed by atoms with Gasteiger partial charge in [-0.05, 0) is 37.4 Å². The van der Waals surface area contributed by atoms with E-state index in [4.69, 9.17) is 4.74 Å². The van der Waals surface area contributed by atoms with Gasteiger partial charge in [0.05, 0.1) is 0 Å². The Kier molecular flexibility index (Phi) is 5.53. The first kappa shape index (κ1) is 15.7. The van der Waals surface area contributed by atoms with E-state index in [9.17, 15) is 18.0 Å². The van der Waals surface area contributed by atoms with E-state index >= 15 is 0 Å². The molecule has 1 atom stereocenters. The molecule has 0 saturated carbocycles. The van der Waals surface area contributed by atoms with E-state index in [0.29, 0.717) is 5.75 Å². The lowest BCUT2D eigenvalue weighted by atomic mass is 10.3. The topological polar surface area (TPSA) is 38.3 Å². The van der Waals surface area contributed by atoms with Gasteiger partial charge in [-0.3, -0.25) is 4.79 Å². The zero-order chi connectivity index (χ0) is 14.5. The normalized spacial score (nSPS) is 12.9. The largest absolute Gasteiger partial charge is 0.481 e. The molecule has 0 bridgehead atoms. The Balaban J connectivity index is 2.49. The minimum absolute atomic E-state index is 0.437. The molecule has 0 radical (unpaired) electrons. The first-order chi connectivity index (χ1) is 8.81. The van der Waals surface area contributed by atoms with Gasteiger partial charge in [-0.25, -0.2) is 0 Å². The third-order valence-corrected chi connectivity index (χ3v) is 2.95. The molecule has 1 rings (SSSR count). The van der Waals surface area contributed by atoms with Gasteiger partial charge in [0.25, 0.3) is 5.91 Å². The quantitative estimate of drug-likeness (QED) is 0.848. The van der Waals surface area contributed by atoms with E-state index < -0.39 is 24.7 Å². The molecule has 3 nitrogen and oxygen atoms in total. The van der Waals surface area contributed by atoms with Crippen molar-refractivity contribution in [1.29, 1.82) is 0 Å². The van der Waals surface area contributed by atoms with Crippen LogP contribution in [-0.4, -0.2) is 31.0 Å². The van der Waals surface area contributed by atoms with Crippen molar-refractivity contribution in [3.8, 4) is 5.75 Å². The lowest BCUT2D eigenvalue weighted by molar-refractivity contribution is -0.142. The van der Waals surface area contributed by atoms with Crippen molar-refractivity contribution in [3.63, 3.8) is 0 Å². The van der Waals surface area contributed by atoms with Crippen LogP contribution in [0.4, 0.5) is 13.2 Å². The highest BCUT2D eigenvalue weighted by Crippen LogP contribution is 2.20. The van der Waals surface area contributed by atoms with Crippen LogP contribution in [-0.2, 0) is 4.79 Å². The summed E-state index contributed by atoms with van der Waals surface area (Å²) in [5.74, 6) is -0.362. The third kappa shape index (κ3) is 5.87. The second-order valence-corrected chi connectivity index (χ2v) is 4.65. The van der Waals surface area contributed by atoms with Crippen LogP contribution in [0.2, 0.25) is 0 Å². The molecule has 0 aromatic heterocycles. The van der Waals surface area contributed by atoms with Gasteiger partial charge in [-0.2, -0.15) is 13.2 Å². The highest BCUT2D eigenvalue weighted by atomic mass is 32.2. The first-order valence-corrected chi connectivity index (χ1v) is 6.69.